The molecule has 0 amide bonds. The van der Waals surface area contributed by atoms with Gasteiger partial charge in [-0.25, -0.2) is 4.79 Å². The van der Waals surface area contributed by atoms with Crippen LogP contribution in [0, 0.1) is 6.92 Å². The molecule has 0 atom stereocenters. The van der Waals surface area contributed by atoms with Crippen LogP contribution in [-0.2, 0) is 5.41 Å². The molecule has 0 N–H and O–H groups in total. The van der Waals surface area contributed by atoms with Crippen molar-refractivity contribution in [1.82, 2.24) is 0 Å². The van der Waals surface area contributed by atoms with E-state index in [-0.39, 0.29) is 5.41 Å². The number of methoxy groups -OCH3 is 2. The average molecular weight is 328 g/mol. The number of aryl methyl sites for hydroxylation is 1. The van der Waals surface area contributed by atoms with E-state index in [9.17, 15) is 4.79 Å². The lowest BCUT2D eigenvalue weighted by Crippen LogP contribution is -2.16. The van der Waals surface area contributed by atoms with E-state index >= 15 is 0 Å². The van der Waals surface area contributed by atoms with Crippen molar-refractivity contribution in [3.8, 4) is 17.2 Å². The van der Waals surface area contributed by atoms with Crippen LogP contribution in [0.4, 0.5) is 0 Å². The standard InChI is InChI=1S/C20H24O4/c1-13-7-9-16(15(11-13)20(2,3)4)24-19(21)14-8-10-17(22-5)18(12-14)23-6/h7-12H,1-6H3. The molecule has 2 aromatic carbocycles. The summed E-state index contributed by atoms with van der Waals surface area (Å²) in [4.78, 5) is 12.5. The minimum absolute atomic E-state index is 0.126. The fourth-order valence-corrected chi connectivity index (χ4v) is 2.44. The summed E-state index contributed by atoms with van der Waals surface area (Å²) in [5.74, 6) is 1.21. The number of hydrogen-bond donors (Lipinski definition) is 0. The second-order valence-corrected chi connectivity index (χ2v) is 6.71. The van der Waals surface area contributed by atoms with Crippen LogP contribution < -0.4 is 14.2 Å². The van der Waals surface area contributed by atoms with Gasteiger partial charge in [0, 0.05) is 5.56 Å². The summed E-state index contributed by atoms with van der Waals surface area (Å²) in [5.41, 5.74) is 2.41. The zero-order valence-corrected chi connectivity index (χ0v) is 15.1. The zero-order valence-electron chi connectivity index (χ0n) is 15.1. The Balaban J connectivity index is 2.34. The van der Waals surface area contributed by atoms with Gasteiger partial charge in [-0.3, -0.25) is 0 Å². The molecule has 0 radical (unpaired) electrons. The predicted octanol–water partition coefficient (Wildman–Crippen LogP) is 4.53. The van der Waals surface area contributed by atoms with Crippen LogP contribution in [0.3, 0.4) is 0 Å². The molecule has 0 heterocycles. The molecule has 2 rings (SSSR count). The smallest absolute Gasteiger partial charge is 0.343 e. The Morgan fingerprint density at radius 2 is 1.50 bits per heavy atom. The van der Waals surface area contributed by atoms with E-state index < -0.39 is 5.97 Å². The molecule has 0 aromatic heterocycles. The number of carbonyl (C=O) groups is 1. The molecule has 0 saturated heterocycles. The van der Waals surface area contributed by atoms with Gasteiger partial charge in [-0.2, -0.15) is 0 Å². The highest BCUT2D eigenvalue weighted by Gasteiger charge is 2.21. The predicted molar refractivity (Wildman–Crippen MR) is 94.4 cm³/mol. The SMILES string of the molecule is COc1ccc(C(=O)Oc2ccc(C)cc2C(C)(C)C)cc1OC. The monoisotopic (exact) mass is 328 g/mol. The second-order valence-electron chi connectivity index (χ2n) is 6.71. The van der Waals surface area contributed by atoms with Gasteiger partial charge >= 0.3 is 5.97 Å². The molecule has 0 aliphatic heterocycles. The third-order valence-electron chi connectivity index (χ3n) is 3.76. The maximum atomic E-state index is 12.5. The topological polar surface area (TPSA) is 44.8 Å². The van der Waals surface area contributed by atoms with Crippen molar-refractivity contribution in [2.45, 2.75) is 33.1 Å². The molecule has 2 aromatic rings. The first-order valence-corrected chi connectivity index (χ1v) is 7.81. The minimum atomic E-state index is -0.426. The highest BCUT2D eigenvalue weighted by Crippen LogP contribution is 2.33. The van der Waals surface area contributed by atoms with Gasteiger partial charge in [-0.1, -0.05) is 38.5 Å². The quantitative estimate of drug-likeness (QED) is 0.611. The molecule has 0 unspecified atom stereocenters. The lowest BCUT2D eigenvalue weighted by Gasteiger charge is -2.23. The Bertz CT molecular complexity index is 742. The number of benzene rings is 2. The van der Waals surface area contributed by atoms with Crippen LogP contribution in [-0.4, -0.2) is 20.2 Å². The van der Waals surface area contributed by atoms with Crippen LogP contribution in [0.2, 0.25) is 0 Å². The number of ether oxygens (including phenoxy) is 3. The molecule has 24 heavy (non-hydrogen) atoms. The van der Waals surface area contributed by atoms with Gasteiger partial charge in [-0.15, -0.1) is 0 Å². The highest BCUT2D eigenvalue weighted by molar-refractivity contribution is 5.92. The van der Waals surface area contributed by atoms with Gasteiger partial charge in [0.05, 0.1) is 19.8 Å². The number of carbonyl (C=O) groups excluding carboxylic acids is 1. The van der Waals surface area contributed by atoms with Crippen molar-refractivity contribution < 1.29 is 19.0 Å². The summed E-state index contributed by atoms with van der Waals surface area (Å²) in [6.07, 6.45) is 0. The lowest BCUT2D eigenvalue weighted by molar-refractivity contribution is 0.0731. The van der Waals surface area contributed by atoms with Crippen molar-refractivity contribution in [3.05, 3.63) is 53.1 Å². The lowest BCUT2D eigenvalue weighted by atomic mass is 9.85. The number of hydrogen-bond acceptors (Lipinski definition) is 4. The maximum Gasteiger partial charge on any atom is 0.343 e. The van der Waals surface area contributed by atoms with E-state index in [0.717, 1.165) is 11.1 Å². The van der Waals surface area contributed by atoms with Crippen LogP contribution >= 0.6 is 0 Å². The van der Waals surface area contributed by atoms with E-state index in [1.807, 2.05) is 19.1 Å². The summed E-state index contributed by atoms with van der Waals surface area (Å²) in [7, 11) is 3.09. The molecular formula is C20H24O4. The summed E-state index contributed by atoms with van der Waals surface area (Å²) in [5, 5.41) is 0. The summed E-state index contributed by atoms with van der Waals surface area (Å²) < 4.78 is 16.1. The maximum absolute atomic E-state index is 12.5. The van der Waals surface area contributed by atoms with Gasteiger partial charge in [-0.05, 0) is 36.6 Å². The van der Waals surface area contributed by atoms with Gasteiger partial charge in [0.1, 0.15) is 5.75 Å². The van der Waals surface area contributed by atoms with Crippen LogP contribution in [0.15, 0.2) is 36.4 Å². The fourth-order valence-electron chi connectivity index (χ4n) is 2.44. The molecule has 0 bridgehead atoms. The Morgan fingerprint density at radius 3 is 2.08 bits per heavy atom. The third-order valence-corrected chi connectivity index (χ3v) is 3.76. The van der Waals surface area contributed by atoms with Crippen molar-refractivity contribution in [2.75, 3.05) is 14.2 Å². The summed E-state index contributed by atoms with van der Waals surface area (Å²) in [6, 6.07) is 10.8. The number of esters is 1. The van der Waals surface area contributed by atoms with Gasteiger partial charge in [0.25, 0.3) is 0 Å². The molecule has 0 aliphatic rings. The van der Waals surface area contributed by atoms with E-state index in [2.05, 4.69) is 26.8 Å². The summed E-state index contributed by atoms with van der Waals surface area (Å²) in [6.45, 7) is 8.30. The van der Waals surface area contributed by atoms with Crippen molar-refractivity contribution >= 4 is 5.97 Å². The van der Waals surface area contributed by atoms with Crippen molar-refractivity contribution in [2.24, 2.45) is 0 Å². The van der Waals surface area contributed by atoms with Crippen molar-refractivity contribution in [3.63, 3.8) is 0 Å². The molecule has 4 heteroatoms. The highest BCUT2D eigenvalue weighted by atomic mass is 16.5. The zero-order chi connectivity index (χ0) is 17.9. The molecular weight excluding hydrogens is 304 g/mol. The molecule has 0 fully saturated rings. The van der Waals surface area contributed by atoms with E-state index in [1.165, 1.54) is 7.11 Å². The Kier molecular flexibility index (Phi) is 5.17. The van der Waals surface area contributed by atoms with Crippen LogP contribution in [0.25, 0.3) is 0 Å². The second kappa shape index (κ2) is 6.95. The first-order valence-electron chi connectivity index (χ1n) is 7.81. The van der Waals surface area contributed by atoms with Gasteiger partial charge < -0.3 is 14.2 Å². The Morgan fingerprint density at radius 1 is 0.875 bits per heavy atom. The molecule has 128 valence electrons. The molecule has 0 saturated carbocycles. The minimum Gasteiger partial charge on any atom is -0.493 e. The molecule has 4 nitrogen and oxygen atoms in total. The van der Waals surface area contributed by atoms with E-state index in [4.69, 9.17) is 14.2 Å². The largest absolute Gasteiger partial charge is 0.493 e. The third kappa shape index (κ3) is 3.88. The van der Waals surface area contributed by atoms with Crippen LogP contribution in [0.1, 0.15) is 42.3 Å². The average Bonchev–Trinajstić information content (AvgIpc) is 2.54. The first-order chi connectivity index (χ1) is 11.3. The van der Waals surface area contributed by atoms with Crippen LogP contribution in [0.5, 0.6) is 17.2 Å². The summed E-state index contributed by atoms with van der Waals surface area (Å²) >= 11 is 0. The Labute approximate surface area is 143 Å². The van der Waals surface area contributed by atoms with Gasteiger partial charge in [0.2, 0.25) is 0 Å². The molecule has 0 aliphatic carbocycles. The fraction of sp³-hybridized carbons (Fsp3) is 0.350. The normalized spacial score (nSPS) is 11.1. The number of rotatable bonds is 4. The first kappa shape index (κ1) is 17.9. The van der Waals surface area contributed by atoms with E-state index in [0.29, 0.717) is 22.8 Å². The Hall–Kier alpha value is -2.49. The van der Waals surface area contributed by atoms with E-state index in [1.54, 1.807) is 25.3 Å². The van der Waals surface area contributed by atoms with Crippen molar-refractivity contribution in [1.29, 1.82) is 0 Å². The molecule has 0 spiro atoms. The van der Waals surface area contributed by atoms with Gasteiger partial charge in [0.15, 0.2) is 11.5 Å².